The average Bonchev–Trinajstić information content (AvgIpc) is 3.19. The normalized spacial score (nSPS) is 14.5. The van der Waals surface area contributed by atoms with Crippen LogP contribution in [0, 0.1) is 0 Å². The Labute approximate surface area is 140 Å². The van der Waals surface area contributed by atoms with Crippen LogP contribution in [0.1, 0.15) is 5.56 Å². The number of halogens is 2. The monoisotopic (exact) mass is 346 g/mol. The number of alkyl halides is 2. The summed E-state index contributed by atoms with van der Waals surface area (Å²) in [6.45, 7) is 0.383. The van der Waals surface area contributed by atoms with Gasteiger partial charge in [-0.2, -0.15) is 0 Å². The summed E-state index contributed by atoms with van der Waals surface area (Å²) in [5.41, 5.74) is 1.46. The van der Waals surface area contributed by atoms with E-state index < -0.39 is 6.29 Å². The highest BCUT2D eigenvalue weighted by atomic mass is 19.3. The quantitative estimate of drug-likeness (QED) is 0.783. The van der Waals surface area contributed by atoms with E-state index in [1.807, 2.05) is 0 Å². The second-order valence-corrected chi connectivity index (χ2v) is 5.36. The van der Waals surface area contributed by atoms with E-state index in [1.54, 1.807) is 40.0 Å². The number of phenols is 1. The summed E-state index contributed by atoms with van der Waals surface area (Å²) in [5.74, 6) is 0.0817. The van der Waals surface area contributed by atoms with Crippen molar-refractivity contribution in [3.8, 4) is 17.2 Å². The second kappa shape index (κ2) is 5.62. The summed E-state index contributed by atoms with van der Waals surface area (Å²) < 4.78 is 37.0. The minimum atomic E-state index is -3.67. The number of fused-ring (bicyclic) bond motifs is 1. The zero-order valence-corrected chi connectivity index (χ0v) is 12.7. The van der Waals surface area contributed by atoms with Crippen molar-refractivity contribution < 1.29 is 23.4 Å². The summed E-state index contributed by atoms with van der Waals surface area (Å²) >= 11 is 0. The first kappa shape index (κ1) is 15.2. The van der Waals surface area contributed by atoms with Crippen LogP contribution in [0.15, 0.2) is 55.1 Å². The largest absolute Gasteiger partial charge is 0.586 e. The van der Waals surface area contributed by atoms with Gasteiger partial charge in [0.15, 0.2) is 11.5 Å². The molecule has 1 aliphatic rings. The second-order valence-electron chi connectivity index (χ2n) is 5.36. The minimum Gasteiger partial charge on any atom is -0.508 e. The van der Waals surface area contributed by atoms with Gasteiger partial charge < -0.3 is 14.6 Å². The fourth-order valence-electron chi connectivity index (χ4n) is 2.50. The lowest BCUT2D eigenvalue weighted by molar-refractivity contribution is -0.286. The molecular weight excluding hydrogens is 334 g/mol. The average molecular weight is 346 g/mol. The van der Waals surface area contributed by atoms with Crippen molar-refractivity contribution in [2.75, 3.05) is 5.01 Å². The highest BCUT2D eigenvalue weighted by Crippen LogP contribution is 2.43. The number of phenolic OH excluding ortho intramolecular Hbond substituents is 1. The fourth-order valence-corrected chi connectivity index (χ4v) is 2.50. The maximum Gasteiger partial charge on any atom is 0.586 e. The lowest BCUT2D eigenvalue weighted by atomic mass is 10.2. The molecule has 0 amide bonds. The molecule has 1 aliphatic heterocycles. The third kappa shape index (κ3) is 3.03. The van der Waals surface area contributed by atoms with Gasteiger partial charge in [-0.05, 0) is 29.8 Å². The van der Waals surface area contributed by atoms with Crippen LogP contribution in [0.4, 0.5) is 14.5 Å². The van der Waals surface area contributed by atoms with Crippen molar-refractivity contribution in [3.63, 3.8) is 0 Å². The van der Waals surface area contributed by atoms with Crippen molar-refractivity contribution in [1.82, 2.24) is 14.9 Å². The number of hydrogen-bond donors (Lipinski definition) is 1. The Kier molecular flexibility index (Phi) is 3.41. The molecule has 0 fully saturated rings. The number of nitrogens with zero attached hydrogens (tertiary/aromatic N) is 4. The molecule has 3 aromatic rings. The van der Waals surface area contributed by atoms with E-state index in [2.05, 4.69) is 19.7 Å². The molecule has 0 aliphatic carbocycles. The van der Waals surface area contributed by atoms with Crippen LogP contribution >= 0.6 is 0 Å². The van der Waals surface area contributed by atoms with Gasteiger partial charge in [0.1, 0.15) is 18.4 Å². The molecule has 0 radical (unpaired) electrons. The van der Waals surface area contributed by atoms with E-state index in [-0.39, 0.29) is 17.2 Å². The molecule has 9 heteroatoms. The lowest BCUT2D eigenvalue weighted by Crippen LogP contribution is -2.27. The molecule has 0 atom stereocenters. The number of anilines is 1. The van der Waals surface area contributed by atoms with Gasteiger partial charge in [-0.1, -0.05) is 12.1 Å². The van der Waals surface area contributed by atoms with Gasteiger partial charge in [-0.15, -0.1) is 19.0 Å². The van der Waals surface area contributed by atoms with Gasteiger partial charge in [-0.25, -0.2) is 4.68 Å². The zero-order chi connectivity index (χ0) is 17.4. The van der Waals surface area contributed by atoms with Crippen LogP contribution in [-0.2, 0) is 6.54 Å². The van der Waals surface area contributed by atoms with Crippen LogP contribution in [0.2, 0.25) is 0 Å². The Hall–Kier alpha value is -3.36. The Morgan fingerprint density at radius 2 is 1.68 bits per heavy atom. The van der Waals surface area contributed by atoms with Crippen LogP contribution < -0.4 is 14.5 Å². The SMILES string of the molecule is Oc1ccc(CN(c2ccc3c(c2)OC(F)(F)O3)n2cnnc2)cc1. The van der Waals surface area contributed by atoms with E-state index in [0.29, 0.717) is 12.2 Å². The van der Waals surface area contributed by atoms with E-state index >= 15 is 0 Å². The first-order valence-corrected chi connectivity index (χ1v) is 7.30. The van der Waals surface area contributed by atoms with E-state index in [1.165, 1.54) is 24.8 Å². The fraction of sp³-hybridized carbons (Fsp3) is 0.125. The molecule has 2 heterocycles. The summed E-state index contributed by atoms with van der Waals surface area (Å²) in [4.78, 5) is 0. The van der Waals surface area contributed by atoms with Crippen molar-refractivity contribution in [3.05, 3.63) is 60.7 Å². The number of rotatable bonds is 4. The lowest BCUT2D eigenvalue weighted by Gasteiger charge is -2.25. The minimum absolute atomic E-state index is 0.0258. The molecule has 1 N–H and O–H groups in total. The number of benzene rings is 2. The molecule has 25 heavy (non-hydrogen) atoms. The smallest absolute Gasteiger partial charge is 0.508 e. The summed E-state index contributed by atoms with van der Waals surface area (Å²) in [6.07, 6.45) is -0.696. The molecule has 7 nitrogen and oxygen atoms in total. The third-order valence-electron chi connectivity index (χ3n) is 3.64. The van der Waals surface area contributed by atoms with Crippen molar-refractivity contribution >= 4 is 5.69 Å². The predicted octanol–water partition coefficient (Wildman–Crippen LogP) is 2.78. The highest BCUT2D eigenvalue weighted by Gasteiger charge is 2.43. The van der Waals surface area contributed by atoms with Gasteiger partial charge in [0.25, 0.3) is 0 Å². The summed E-state index contributed by atoms with van der Waals surface area (Å²) in [6, 6.07) is 11.2. The van der Waals surface area contributed by atoms with Gasteiger partial charge in [0.2, 0.25) is 0 Å². The predicted molar refractivity (Wildman–Crippen MR) is 82.4 cm³/mol. The topological polar surface area (TPSA) is 72.6 Å². The maximum absolute atomic E-state index is 13.2. The van der Waals surface area contributed by atoms with Gasteiger partial charge in [0, 0.05) is 6.07 Å². The van der Waals surface area contributed by atoms with E-state index in [0.717, 1.165) is 5.56 Å². The molecule has 0 saturated carbocycles. The van der Waals surface area contributed by atoms with Crippen molar-refractivity contribution in [1.29, 1.82) is 0 Å². The summed E-state index contributed by atoms with van der Waals surface area (Å²) in [5, 5.41) is 18.7. The highest BCUT2D eigenvalue weighted by molar-refractivity contribution is 5.57. The molecule has 128 valence electrons. The van der Waals surface area contributed by atoms with Gasteiger partial charge in [0.05, 0.1) is 12.2 Å². The molecular formula is C16H12F2N4O3. The first-order valence-electron chi connectivity index (χ1n) is 7.30. The molecule has 0 saturated heterocycles. The Morgan fingerprint density at radius 1 is 1.00 bits per heavy atom. The van der Waals surface area contributed by atoms with Gasteiger partial charge >= 0.3 is 6.29 Å². The molecule has 2 aromatic carbocycles. The number of hydrogen-bond acceptors (Lipinski definition) is 6. The van der Waals surface area contributed by atoms with Crippen LogP contribution in [0.25, 0.3) is 0 Å². The molecule has 4 rings (SSSR count). The van der Waals surface area contributed by atoms with Crippen LogP contribution in [-0.4, -0.2) is 26.3 Å². The van der Waals surface area contributed by atoms with E-state index in [9.17, 15) is 13.9 Å². The number of ether oxygens (including phenoxy) is 2. The zero-order valence-electron chi connectivity index (χ0n) is 12.7. The van der Waals surface area contributed by atoms with E-state index in [4.69, 9.17) is 0 Å². The third-order valence-corrected chi connectivity index (χ3v) is 3.64. The molecule has 0 bridgehead atoms. The number of aromatic nitrogens is 3. The Balaban J connectivity index is 1.69. The molecule has 0 unspecified atom stereocenters. The maximum atomic E-state index is 13.2. The van der Waals surface area contributed by atoms with Crippen LogP contribution in [0.3, 0.4) is 0 Å². The number of aromatic hydroxyl groups is 1. The first-order chi connectivity index (χ1) is 12.0. The Bertz CT molecular complexity index is 885. The summed E-state index contributed by atoms with van der Waals surface area (Å²) in [7, 11) is 0. The van der Waals surface area contributed by atoms with Crippen molar-refractivity contribution in [2.45, 2.75) is 12.8 Å². The molecule has 1 aromatic heterocycles. The van der Waals surface area contributed by atoms with Crippen LogP contribution in [0.5, 0.6) is 17.2 Å². The standard InChI is InChI=1S/C16H12F2N4O3/c17-16(18)24-14-6-3-12(7-15(14)25-16)22(21-9-19-20-10-21)8-11-1-4-13(23)5-2-11/h1-7,9-10,23H,8H2. The molecule has 0 spiro atoms. The Morgan fingerprint density at radius 3 is 2.40 bits per heavy atom. The van der Waals surface area contributed by atoms with Crippen molar-refractivity contribution in [2.24, 2.45) is 0 Å². The van der Waals surface area contributed by atoms with Gasteiger partial charge in [-0.3, -0.25) is 5.01 Å².